The summed E-state index contributed by atoms with van der Waals surface area (Å²) in [5.41, 5.74) is 0. The minimum Gasteiger partial charge on any atom is -0.354 e. The molecule has 3 N–H and O–H groups in total. The Labute approximate surface area is 105 Å². The van der Waals surface area contributed by atoms with Gasteiger partial charge in [0.25, 0.3) is 0 Å². The van der Waals surface area contributed by atoms with Crippen molar-refractivity contribution in [3.8, 4) is 0 Å². The Kier molecular flexibility index (Phi) is 4.14. The summed E-state index contributed by atoms with van der Waals surface area (Å²) in [5, 5.41) is 8.28. The molecule has 7 nitrogen and oxygen atoms in total. The van der Waals surface area contributed by atoms with Gasteiger partial charge < -0.3 is 20.9 Å². The van der Waals surface area contributed by atoms with Gasteiger partial charge in [0.15, 0.2) is 0 Å². The number of piperidine rings is 1. The molecule has 2 rings (SSSR count). The topological polar surface area (TPSA) is 90.5 Å². The Morgan fingerprint density at radius 1 is 1.22 bits per heavy atom. The van der Waals surface area contributed by atoms with E-state index in [9.17, 15) is 14.4 Å². The molecule has 0 aromatic carbocycles. The standard InChI is InChI=1S/C11H18N4O3/c16-9-8(2-1-3-13-9)14-10(17)11(18)15-6-4-12-5-7-15/h8,12H,1-7H2,(H,13,16)(H,14,17). The van der Waals surface area contributed by atoms with Crippen LogP contribution in [0.4, 0.5) is 0 Å². The van der Waals surface area contributed by atoms with Crippen molar-refractivity contribution in [2.45, 2.75) is 18.9 Å². The molecule has 2 fully saturated rings. The summed E-state index contributed by atoms with van der Waals surface area (Å²) < 4.78 is 0. The summed E-state index contributed by atoms with van der Waals surface area (Å²) in [6.45, 7) is 3.09. The molecule has 2 aliphatic heterocycles. The second-order valence-corrected chi connectivity index (χ2v) is 4.50. The zero-order valence-corrected chi connectivity index (χ0v) is 10.2. The molecule has 0 aromatic rings. The monoisotopic (exact) mass is 254 g/mol. The molecule has 0 aromatic heterocycles. The number of carbonyl (C=O) groups is 3. The van der Waals surface area contributed by atoms with Crippen molar-refractivity contribution in [3.05, 3.63) is 0 Å². The van der Waals surface area contributed by atoms with Crippen molar-refractivity contribution in [2.75, 3.05) is 32.7 Å². The minimum absolute atomic E-state index is 0.206. The molecule has 1 unspecified atom stereocenters. The van der Waals surface area contributed by atoms with Crippen molar-refractivity contribution in [1.82, 2.24) is 20.9 Å². The Bertz CT molecular complexity index is 352. The maximum absolute atomic E-state index is 11.8. The number of carbonyl (C=O) groups excluding carboxylic acids is 3. The normalized spacial score (nSPS) is 24.3. The molecule has 18 heavy (non-hydrogen) atoms. The fourth-order valence-electron chi connectivity index (χ4n) is 2.14. The maximum atomic E-state index is 11.8. The van der Waals surface area contributed by atoms with Crippen LogP contribution >= 0.6 is 0 Å². The molecule has 100 valence electrons. The predicted octanol–water partition coefficient (Wildman–Crippen LogP) is -2.19. The van der Waals surface area contributed by atoms with Gasteiger partial charge in [0.05, 0.1) is 0 Å². The highest BCUT2D eigenvalue weighted by molar-refractivity contribution is 6.35. The number of nitrogens with one attached hydrogen (secondary N) is 3. The lowest BCUT2D eigenvalue weighted by Crippen LogP contribution is -2.56. The maximum Gasteiger partial charge on any atom is 0.311 e. The number of nitrogens with zero attached hydrogens (tertiary/aromatic N) is 1. The summed E-state index contributed by atoms with van der Waals surface area (Å²) in [6.07, 6.45) is 1.41. The van der Waals surface area contributed by atoms with Crippen LogP contribution in [0.15, 0.2) is 0 Å². The van der Waals surface area contributed by atoms with E-state index in [1.165, 1.54) is 4.90 Å². The molecule has 2 aliphatic rings. The first kappa shape index (κ1) is 12.8. The smallest absolute Gasteiger partial charge is 0.311 e. The van der Waals surface area contributed by atoms with Gasteiger partial charge in [-0.1, -0.05) is 0 Å². The lowest BCUT2D eigenvalue weighted by molar-refractivity contribution is -0.147. The van der Waals surface area contributed by atoms with Crippen LogP contribution in [0.25, 0.3) is 0 Å². The summed E-state index contributed by atoms with van der Waals surface area (Å²) in [7, 11) is 0. The van der Waals surface area contributed by atoms with Crippen LogP contribution in [-0.2, 0) is 14.4 Å². The summed E-state index contributed by atoms with van der Waals surface area (Å²) in [4.78, 5) is 36.6. The van der Waals surface area contributed by atoms with E-state index < -0.39 is 17.9 Å². The molecule has 0 saturated carbocycles. The van der Waals surface area contributed by atoms with E-state index in [1.807, 2.05) is 0 Å². The Morgan fingerprint density at radius 2 is 1.94 bits per heavy atom. The first-order valence-corrected chi connectivity index (χ1v) is 6.26. The molecule has 3 amide bonds. The molecule has 0 spiro atoms. The number of rotatable bonds is 1. The van der Waals surface area contributed by atoms with Crippen LogP contribution in [-0.4, -0.2) is 61.4 Å². The van der Waals surface area contributed by atoms with Gasteiger partial charge >= 0.3 is 11.8 Å². The average Bonchev–Trinajstić information content (AvgIpc) is 2.41. The fraction of sp³-hybridized carbons (Fsp3) is 0.727. The SMILES string of the molecule is O=C(NC1CCCNC1=O)C(=O)N1CCNCC1. The highest BCUT2D eigenvalue weighted by Crippen LogP contribution is 2.03. The van der Waals surface area contributed by atoms with E-state index in [0.29, 0.717) is 39.1 Å². The van der Waals surface area contributed by atoms with Gasteiger partial charge in [0, 0.05) is 32.7 Å². The van der Waals surface area contributed by atoms with E-state index in [0.717, 1.165) is 6.42 Å². The van der Waals surface area contributed by atoms with E-state index in [4.69, 9.17) is 0 Å². The lowest BCUT2D eigenvalue weighted by atomic mass is 10.1. The highest BCUT2D eigenvalue weighted by Gasteiger charge is 2.29. The van der Waals surface area contributed by atoms with E-state index in [-0.39, 0.29) is 5.91 Å². The first-order chi connectivity index (χ1) is 8.68. The molecule has 0 aliphatic carbocycles. The number of amides is 3. The molecular formula is C11H18N4O3. The second kappa shape index (κ2) is 5.81. The Balaban J connectivity index is 1.86. The molecule has 7 heteroatoms. The molecule has 0 bridgehead atoms. The van der Waals surface area contributed by atoms with E-state index >= 15 is 0 Å². The second-order valence-electron chi connectivity index (χ2n) is 4.50. The lowest BCUT2D eigenvalue weighted by Gasteiger charge is -2.28. The Hall–Kier alpha value is -1.63. The largest absolute Gasteiger partial charge is 0.354 e. The van der Waals surface area contributed by atoms with Crippen molar-refractivity contribution >= 4 is 17.7 Å². The van der Waals surface area contributed by atoms with Gasteiger partial charge in [-0.3, -0.25) is 14.4 Å². The minimum atomic E-state index is -0.682. The van der Waals surface area contributed by atoms with Crippen LogP contribution in [0.1, 0.15) is 12.8 Å². The van der Waals surface area contributed by atoms with E-state index in [2.05, 4.69) is 16.0 Å². The van der Waals surface area contributed by atoms with Gasteiger partial charge in [0.1, 0.15) is 6.04 Å². The molecular weight excluding hydrogens is 236 g/mol. The average molecular weight is 254 g/mol. The van der Waals surface area contributed by atoms with Gasteiger partial charge in [-0.2, -0.15) is 0 Å². The molecule has 0 radical (unpaired) electrons. The van der Waals surface area contributed by atoms with Gasteiger partial charge in [-0.05, 0) is 12.8 Å². The quantitative estimate of drug-likeness (QED) is 0.464. The highest BCUT2D eigenvalue weighted by atomic mass is 16.2. The summed E-state index contributed by atoms with van der Waals surface area (Å²) in [6, 6.07) is -0.571. The zero-order chi connectivity index (χ0) is 13.0. The third-order valence-corrected chi connectivity index (χ3v) is 3.19. The number of hydrogen-bond acceptors (Lipinski definition) is 4. The van der Waals surface area contributed by atoms with Crippen LogP contribution in [0, 0.1) is 0 Å². The zero-order valence-electron chi connectivity index (χ0n) is 10.2. The van der Waals surface area contributed by atoms with Crippen LogP contribution in [0.2, 0.25) is 0 Å². The summed E-state index contributed by atoms with van der Waals surface area (Å²) >= 11 is 0. The van der Waals surface area contributed by atoms with Gasteiger partial charge in [-0.15, -0.1) is 0 Å². The molecule has 2 saturated heterocycles. The predicted molar refractivity (Wildman–Crippen MR) is 63.6 cm³/mol. The Morgan fingerprint density at radius 3 is 2.61 bits per heavy atom. The van der Waals surface area contributed by atoms with Crippen molar-refractivity contribution in [1.29, 1.82) is 0 Å². The fourth-order valence-corrected chi connectivity index (χ4v) is 2.14. The first-order valence-electron chi connectivity index (χ1n) is 6.26. The van der Waals surface area contributed by atoms with Crippen molar-refractivity contribution < 1.29 is 14.4 Å². The van der Waals surface area contributed by atoms with E-state index in [1.54, 1.807) is 0 Å². The number of hydrogen-bond donors (Lipinski definition) is 3. The third kappa shape index (κ3) is 2.98. The van der Waals surface area contributed by atoms with Crippen LogP contribution in [0.5, 0.6) is 0 Å². The van der Waals surface area contributed by atoms with Crippen LogP contribution in [0.3, 0.4) is 0 Å². The number of piperazine rings is 1. The summed E-state index contributed by atoms with van der Waals surface area (Å²) in [5.74, 6) is -1.43. The molecule has 1 atom stereocenters. The third-order valence-electron chi connectivity index (χ3n) is 3.19. The van der Waals surface area contributed by atoms with Gasteiger partial charge in [0.2, 0.25) is 5.91 Å². The van der Waals surface area contributed by atoms with Crippen molar-refractivity contribution in [3.63, 3.8) is 0 Å². The molecule has 2 heterocycles. The van der Waals surface area contributed by atoms with Gasteiger partial charge in [-0.25, -0.2) is 0 Å². The van der Waals surface area contributed by atoms with Crippen LogP contribution < -0.4 is 16.0 Å². The van der Waals surface area contributed by atoms with Crippen molar-refractivity contribution in [2.24, 2.45) is 0 Å².